The Morgan fingerprint density at radius 3 is 2.10 bits per heavy atom. The third-order valence-corrected chi connectivity index (χ3v) is 4.35. The van der Waals surface area contributed by atoms with Crippen molar-refractivity contribution in [3.63, 3.8) is 0 Å². The number of hydrogen-bond donors (Lipinski definition) is 2. The molecule has 3 nitrogen and oxygen atoms in total. The van der Waals surface area contributed by atoms with Crippen LogP contribution < -0.4 is 0 Å². The molecule has 0 aromatic heterocycles. The molecule has 0 amide bonds. The van der Waals surface area contributed by atoms with E-state index < -0.39 is 5.97 Å². The van der Waals surface area contributed by atoms with E-state index in [1.807, 2.05) is 6.07 Å². The number of aliphatic carboxylic acids is 1. The lowest BCUT2D eigenvalue weighted by molar-refractivity contribution is -0.136. The average molecular weight is 310 g/mol. The summed E-state index contributed by atoms with van der Waals surface area (Å²) in [5, 5.41) is 19.3. The lowest BCUT2D eigenvalue weighted by atomic mass is 9.80. The molecule has 0 radical (unpaired) electrons. The van der Waals surface area contributed by atoms with Crippen LogP contribution in [0.25, 0.3) is 0 Å². The Morgan fingerprint density at radius 2 is 1.67 bits per heavy atom. The maximum atomic E-state index is 10.7. The van der Waals surface area contributed by atoms with Gasteiger partial charge in [-0.05, 0) is 22.5 Å². The summed E-state index contributed by atoms with van der Waals surface area (Å²) in [6, 6.07) is 4.05. The first-order chi connectivity index (χ1) is 9.43. The third-order valence-electron chi connectivity index (χ3n) is 3.32. The van der Waals surface area contributed by atoms with Gasteiger partial charge in [0.25, 0.3) is 0 Å². The molecule has 118 valence electrons. The minimum atomic E-state index is -0.815. The number of phenolic OH excluding ortho intramolecular Hbond substituents is 1. The van der Waals surface area contributed by atoms with Gasteiger partial charge in [0.05, 0.1) is 6.42 Å². The number of phenols is 1. The molecule has 0 aliphatic rings. The number of thioether (sulfide) groups is 1. The summed E-state index contributed by atoms with van der Waals surface area (Å²) in [6.45, 7) is 12.6. The van der Waals surface area contributed by atoms with E-state index in [2.05, 4.69) is 47.6 Å². The summed E-state index contributed by atoms with van der Waals surface area (Å²) in [4.78, 5) is 11.4. The SMILES string of the molecule is CC(C)(C)c1cc(SCCC(=O)O)c(O)c(C(C)(C)C)c1. The molecule has 0 spiro atoms. The summed E-state index contributed by atoms with van der Waals surface area (Å²) in [7, 11) is 0. The summed E-state index contributed by atoms with van der Waals surface area (Å²) >= 11 is 1.41. The monoisotopic (exact) mass is 310 g/mol. The van der Waals surface area contributed by atoms with E-state index in [4.69, 9.17) is 5.11 Å². The zero-order valence-electron chi connectivity index (χ0n) is 13.8. The molecule has 0 aliphatic carbocycles. The summed E-state index contributed by atoms with van der Waals surface area (Å²) in [5.41, 5.74) is 1.89. The first-order valence-electron chi connectivity index (χ1n) is 7.15. The minimum Gasteiger partial charge on any atom is -0.506 e. The topological polar surface area (TPSA) is 57.5 Å². The number of carboxylic acids is 1. The molecule has 1 aromatic carbocycles. The van der Waals surface area contributed by atoms with Crippen LogP contribution in [0.15, 0.2) is 17.0 Å². The molecule has 2 N–H and O–H groups in total. The lowest BCUT2D eigenvalue weighted by Gasteiger charge is -2.27. The van der Waals surface area contributed by atoms with Gasteiger partial charge >= 0.3 is 5.97 Å². The van der Waals surface area contributed by atoms with Gasteiger partial charge in [-0.1, -0.05) is 47.6 Å². The highest BCUT2D eigenvalue weighted by molar-refractivity contribution is 7.99. The van der Waals surface area contributed by atoms with E-state index in [1.54, 1.807) is 0 Å². The molecule has 1 rings (SSSR count). The van der Waals surface area contributed by atoms with E-state index in [0.717, 1.165) is 16.0 Å². The largest absolute Gasteiger partial charge is 0.506 e. The van der Waals surface area contributed by atoms with Crippen molar-refractivity contribution in [3.8, 4) is 5.75 Å². The van der Waals surface area contributed by atoms with Gasteiger partial charge in [-0.25, -0.2) is 0 Å². The van der Waals surface area contributed by atoms with E-state index in [9.17, 15) is 9.90 Å². The predicted octanol–water partition coefficient (Wildman–Crippen LogP) is 4.55. The van der Waals surface area contributed by atoms with Gasteiger partial charge in [0.15, 0.2) is 0 Å². The molecule has 0 aliphatic heterocycles. The van der Waals surface area contributed by atoms with Crippen molar-refractivity contribution in [1.29, 1.82) is 0 Å². The number of rotatable bonds is 4. The Morgan fingerprint density at radius 1 is 1.10 bits per heavy atom. The summed E-state index contributed by atoms with van der Waals surface area (Å²) in [5.74, 6) is -0.0732. The lowest BCUT2D eigenvalue weighted by Crippen LogP contribution is -2.17. The summed E-state index contributed by atoms with van der Waals surface area (Å²) in [6.07, 6.45) is 0.0920. The number of carbonyl (C=O) groups is 1. The Labute approximate surface area is 131 Å². The fourth-order valence-corrected chi connectivity index (χ4v) is 2.92. The number of carboxylic acid groups (broad SMARTS) is 1. The van der Waals surface area contributed by atoms with Crippen molar-refractivity contribution in [3.05, 3.63) is 23.3 Å². The van der Waals surface area contributed by atoms with Crippen LogP contribution in [0.1, 0.15) is 59.1 Å². The van der Waals surface area contributed by atoms with Crippen LogP contribution in [0.5, 0.6) is 5.75 Å². The van der Waals surface area contributed by atoms with Crippen molar-refractivity contribution in [2.24, 2.45) is 0 Å². The molecule has 0 saturated carbocycles. The second-order valence-electron chi connectivity index (χ2n) is 7.36. The van der Waals surface area contributed by atoms with E-state index in [0.29, 0.717) is 5.75 Å². The Hall–Kier alpha value is -1.16. The second-order valence-corrected chi connectivity index (χ2v) is 8.50. The van der Waals surface area contributed by atoms with Crippen LogP contribution in [0, 0.1) is 0 Å². The highest BCUT2D eigenvalue weighted by Crippen LogP contribution is 2.41. The molecule has 0 bridgehead atoms. The van der Waals surface area contributed by atoms with Crippen LogP contribution in [-0.2, 0) is 15.6 Å². The molecular weight excluding hydrogens is 284 g/mol. The second kappa shape index (κ2) is 6.30. The van der Waals surface area contributed by atoms with Crippen molar-refractivity contribution in [1.82, 2.24) is 0 Å². The first-order valence-corrected chi connectivity index (χ1v) is 8.14. The quantitative estimate of drug-likeness (QED) is 0.801. The molecule has 0 fully saturated rings. The van der Waals surface area contributed by atoms with Gasteiger partial charge in [0, 0.05) is 16.2 Å². The van der Waals surface area contributed by atoms with Gasteiger partial charge in [0.2, 0.25) is 0 Å². The van der Waals surface area contributed by atoms with Crippen molar-refractivity contribution < 1.29 is 15.0 Å². The predicted molar refractivity (Wildman–Crippen MR) is 88.5 cm³/mol. The van der Waals surface area contributed by atoms with Crippen molar-refractivity contribution in [2.45, 2.75) is 63.7 Å². The zero-order valence-corrected chi connectivity index (χ0v) is 14.6. The maximum absolute atomic E-state index is 10.7. The van der Waals surface area contributed by atoms with Gasteiger partial charge in [-0.3, -0.25) is 4.79 Å². The smallest absolute Gasteiger partial charge is 0.304 e. The molecule has 0 atom stereocenters. The highest BCUT2D eigenvalue weighted by Gasteiger charge is 2.25. The van der Waals surface area contributed by atoms with E-state index in [-0.39, 0.29) is 23.0 Å². The van der Waals surface area contributed by atoms with Gasteiger partial charge in [-0.2, -0.15) is 0 Å². The number of benzene rings is 1. The van der Waals surface area contributed by atoms with Crippen LogP contribution in [0.2, 0.25) is 0 Å². The fourth-order valence-electron chi connectivity index (χ4n) is 1.97. The molecule has 21 heavy (non-hydrogen) atoms. The molecule has 0 heterocycles. The van der Waals surface area contributed by atoms with Crippen molar-refractivity contribution >= 4 is 17.7 Å². The van der Waals surface area contributed by atoms with Crippen LogP contribution in [0.4, 0.5) is 0 Å². The van der Waals surface area contributed by atoms with E-state index >= 15 is 0 Å². The maximum Gasteiger partial charge on any atom is 0.304 e. The van der Waals surface area contributed by atoms with Crippen LogP contribution in [0.3, 0.4) is 0 Å². The standard InChI is InChI=1S/C17H26O3S/c1-16(2,3)11-9-12(17(4,5)6)15(20)13(10-11)21-8-7-14(18)19/h9-10,20H,7-8H2,1-6H3,(H,18,19). The highest BCUT2D eigenvalue weighted by atomic mass is 32.2. The van der Waals surface area contributed by atoms with Gasteiger partial charge < -0.3 is 10.2 Å². The van der Waals surface area contributed by atoms with Gasteiger partial charge in [0.1, 0.15) is 5.75 Å². The minimum absolute atomic E-state index is 0.0180. The van der Waals surface area contributed by atoms with Gasteiger partial charge in [-0.15, -0.1) is 11.8 Å². The Kier molecular flexibility index (Phi) is 5.37. The van der Waals surface area contributed by atoms with Crippen LogP contribution in [-0.4, -0.2) is 21.9 Å². The number of hydrogen-bond acceptors (Lipinski definition) is 3. The normalized spacial score (nSPS) is 12.5. The average Bonchev–Trinajstić information content (AvgIpc) is 2.27. The summed E-state index contributed by atoms with van der Waals surface area (Å²) < 4.78 is 0. The van der Waals surface area contributed by atoms with Crippen LogP contribution >= 0.6 is 11.8 Å². The first kappa shape index (κ1) is 17.9. The zero-order chi connectivity index (χ0) is 16.4. The fraction of sp³-hybridized carbons (Fsp3) is 0.588. The Bertz CT molecular complexity index is 522. The molecule has 0 saturated heterocycles. The molecule has 1 aromatic rings. The number of aromatic hydroxyl groups is 1. The van der Waals surface area contributed by atoms with Crippen molar-refractivity contribution in [2.75, 3.05) is 5.75 Å². The van der Waals surface area contributed by atoms with E-state index in [1.165, 1.54) is 11.8 Å². The third kappa shape index (κ3) is 4.95. The molecule has 4 heteroatoms. The molecule has 0 unspecified atom stereocenters. The Balaban J connectivity index is 3.25. The molecular formula is C17H26O3S.